The summed E-state index contributed by atoms with van der Waals surface area (Å²) in [5.41, 5.74) is 2.35. The summed E-state index contributed by atoms with van der Waals surface area (Å²) in [5.74, 6) is -1.23. The van der Waals surface area contributed by atoms with Crippen molar-refractivity contribution in [3.05, 3.63) is 58.6 Å². The third-order valence-electron chi connectivity index (χ3n) is 4.61. The van der Waals surface area contributed by atoms with Gasteiger partial charge in [-0.3, -0.25) is 14.6 Å². The van der Waals surface area contributed by atoms with Crippen molar-refractivity contribution < 1.29 is 14.7 Å². The zero-order valence-electron chi connectivity index (χ0n) is 16.2. The molecule has 5 nitrogen and oxygen atoms in total. The Morgan fingerprint density at radius 3 is 2.46 bits per heavy atom. The summed E-state index contributed by atoms with van der Waals surface area (Å²) in [6.45, 7) is 1.77. The van der Waals surface area contributed by atoms with E-state index in [1.54, 1.807) is 13.1 Å². The molecule has 150 valence electrons. The van der Waals surface area contributed by atoms with Crippen molar-refractivity contribution in [3.63, 3.8) is 0 Å². The molecule has 0 saturated heterocycles. The number of benzene rings is 1. The molecule has 2 rings (SSSR count). The second-order valence-electron chi connectivity index (χ2n) is 7.23. The molecule has 1 heterocycles. The molecule has 0 aliphatic heterocycles. The number of carbonyl (C=O) groups excluding carboxylic acids is 1. The Bertz CT molecular complexity index is 795. The standard InChI is InChI=1S/C22H27ClN2O3/c1-16(14-21(27)28)13-20(26)22-19(24-11-12-25-22)10-5-3-2-4-7-17-8-6-9-18(23)15-17/h6,8-9,11-12,15-16H,2-5,7,10,13-14H2,1H3,(H,27,28)/t16-/m0/s1. The Labute approximate surface area is 171 Å². The average molecular weight is 403 g/mol. The van der Waals surface area contributed by atoms with E-state index in [9.17, 15) is 9.59 Å². The van der Waals surface area contributed by atoms with Crippen molar-refractivity contribution in [2.45, 2.75) is 58.3 Å². The normalized spacial score (nSPS) is 11.9. The van der Waals surface area contributed by atoms with Crippen LogP contribution in [-0.4, -0.2) is 26.8 Å². The fourth-order valence-electron chi connectivity index (χ4n) is 3.23. The number of aromatic nitrogens is 2. The fourth-order valence-corrected chi connectivity index (χ4v) is 3.45. The number of aliphatic carboxylic acids is 1. The van der Waals surface area contributed by atoms with Gasteiger partial charge in [0.05, 0.1) is 5.69 Å². The lowest BCUT2D eigenvalue weighted by atomic mass is 9.97. The van der Waals surface area contributed by atoms with Gasteiger partial charge in [0.25, 0.3) is 0 Å². The van der Waals surface area contributed by atoms with E-state index in [0.717, 1.165) is 37.1 Å². The zero-order valence-corrected chi connectivity index (χ0v) is 17.0. The molecule has 0 aliphatic carbocycles. The highest BCUT2D eigenvalue weighted by molar-refractivity contribution is 6.30. The van der Waals surface area contributed by atoms with Crippen LogP contribution in [0.15, 0.2) is 36.7 Å². The van der Waals surface area contributed by atoms with Crippen molar-refractivity contribution in [2.75, 3.05) is 0 Å². The highest BCUT2D eigenvalue weighted by atomic mass is 35.5. The van der Waals surface area contributed by atoms with Crippen molar-refractivity contribution in [2.24, 2.45) is 5.92 Å². The topological polar surface area (TPSA) is 80.1 Å². The number of halogens is 1. The molecule has 0 fully saturated rings. The third-order valence-corrected chi connectivity index (χ3v) is 4.85. The molecule has 0 aliphatic rings. The lowest BCUT2D eigenvalue weighted by molar-refractivity contribution is -0.137. The van der Waals surface area contributed by atoms with Gasteiger partial charge in [0.2, 0.25) is 0 Å². The van der Waals surface area contributed by atoms with Crippen LogP contribution in [0.2, 0.25) is 5.02 Å². The van der Waals surface area contributed by atoms with Gasteiger partial charge in [-0.25, -0.2) is 4.98 Å². The molecule has 6 heteroatoms. The van der Waals surface area contributed by atoms with Crippen molar-refractivity contribution in [1.29, 1.82) is 0 Å². The van der Waals surface area contributed by atoms with Gasteiger partial charge in [-0.1, -0.05) is 43.5 Å². The molecule has 0 amide bonds. The first-order chi connectivity index (χ1) is 13.5. The van der Waals surface area contributed by atoms with Gasteiger partial charge in [0.1, 0.15) is 5.69 Å². The van der Waals surface area contributed by atoms with Gasteiger partial charge in [0.15, 0.2) is 5.78 Å². The monoisotopic (exact) mass is 402 g/mol. The molecule has 0 radical (unpaired) electrons. The SMILES string of the molecule is C[C@H](CC(=O)O)CC(=O)c1nccnc1CCCCCCc1cccc(Cl)c1. The van der Waals surface area contributed by atoms with Crippen LogP contribution in [0.3, 0.4) is 0 Å². The van der Waals surface area contributed by atoms with Crippen molar-refractivity contribution in [3.8, 4) is 0 Å². The second-order valence-corrected chi connectivity index (χ2v) is 7.66. The molecular formula is C22H27ClN2O3. The molecule has 1 aromatic heterocycles. The van der Waals surface area contributed by atoms with E-state index in [0.29, 0.717) is 17.8 Å². The van der Waals surface area contributed by atoms with Gasteiger partial charge in [-0.15, -0.1) is 0 Å². The first kappa shape index (κ1) is 22.0. The summed E-state index contributed by atoms with van der Waals surface area (Å²) in [6.07, 6.45) is 9.20. The highest BCUT2D eigenvalue weighted by Crippen LogP contribution is 2.17. The Morgan fingerprint density at radius 1 is 1.04 bits per heavy atom. The number of carbonyl (C=O) groups is 2. The lowest BCUT2D eigenvalue weighted by Gasteiger charge is -2.10. The Kier molecular flexibility index (Phi) is 9.08. The van der Waals surface area contributed by atoms with Crippen LogP contribution < -0.4 is 0 Å². The predicted octanol–water partition coefficient (Wildman–Crippen LogP) is 5.16. The lowest BCUT2D eigenvalue weighted by Crippen LogP contribution is -2.14. The van der Waals surface area contributed by atoms with Crippen molar-refractivity contribution >= 4 is 23.4 Å². The number of aryl methyl sites for hydroxylation is 2. The van der Waals surface area contributed by atoms with E-state index in [1.165, 1.54) is 11.8 Å². The molecule has 1 aromatic carbocycles. The number of hydrogen-bond acceptors (Lipinski definition) is 4. The molecule has 2 aromatic rings. The number of ketones is 1. The number of unbranched alkanes of at least 4 members (excludes halogenated alkanes) is 3. The average Bonchev–Trinajstić information content (AvgIpc) is 2.64. The Morgan fingerprint density at radius 2 is 1.75 bits per heavy atom. The van der Waals surface area contributed by atoms with E-state index in [-0.39, 0.29) is 24.5 Å². The van der Waals surface area contributed by atoms with Gasteiger partial charge >= 0.3 is 5.97 Å². The molecule has 0 bridgehead atoms. The van der Waals surface area contributed by atoms with Gasteiger partial charge < -0.3 is 5.11 Å². The molecule has 1 atom stereocenters. The van der Waals surface area contributed by atoms with Crippen LogP contribution in [0.4, 0.5) is 0 Å². The number of rotatable bonds is 12. The van der Waals surface area contributed by atoms with Crippen LogP contribution in [0.25, 0.3) is 0 Å². The molecule has 1 N–H and O–H groups in total. The Balaban J connectivity index is 1.76. The van der Waals surface area contributed by atoms with Crippen LogP contribution in [0.5, 0.6) is 0 Å². The maximum atomic E-state index is 12.5. The van der Waals surface area contributed by atoms with E-state index < -0.39 is 5.97 Å². The summed E-state index contributed by atoms with van der Waals surface area (Å²) >= 11 is 6.00. The summed E-state index contributed by atoms with van der Waals surface area (Å²) in [6, 6.07) is 7.95. The van der Waals surface area contributed by atoms with E-state index in [4.69, 9.17) is 16.7 Å². The summed E-state index contributed by atoms with van der Waals surface area (Å²) < 4.78 is 0. The molecule has 28 heavy (non-hydrogen) atoms. The smallest absolute Gasteiger partial charge is 0.303 e. The molecule has 0 unspecified atom stereocenters. The van der Waals surface area contributed by atoms with Crippen LogP contribution in [-0.2, 0) is 17.6 Å². The van der Waals surface area contributed by atoms with Gasteiger partial charge in [0, 0.05) is 30.3 Å². The first-order valence-corrected chi connectivity index (χ1v) is 10.1. The third kappa shape index (κ3) is 7.77. The predicted molar refractivity (Wildman–Crippen MR) is 110 cm³/mol. The van der Waals surface area contributed by atoms with Gasteiger partial charge in [-0.2, -0.15) is 0 Å². The largest absolute Gasteiger partial charge is 0.481 e. The molecular weight excluding hydrogens is 376 g/mol. The van der Waals surface area contributed by atoms with E-state index in [2.05, 4.69) is 16.0 Å². The number of carboxylic acid groups (broad SMARTS) is 1. The number of nitrogens with zero attached hydrogens (tertiary/aromatic N) is 2. The van der Waals surface area contributed by atoms with Crippen LogP contribution in [0, 0.1) is 5.92 Å². The fraction of sp³-hybridized carbons (Fsp3) is 0.455. The Hall–Kier alpha value is -2.27. The minimum atomic E-state index is -0.891. The quantitative estimate of drug-likeness (QED) is 0.391. The van der Waals surface area contributed by atoms with E-state index in [1.807, 2.05) is 18.2 Å². The maximum absolute atomic E-state index is 12.5. The zero-order chi connectivity index (χ0) is 20.4. The minimum absolute atomic E-state index is 0.0199. The first-order valence-electron chi connectivity index (χ1n) is 9.75. The summed E-state index contributed by atoms with van der Waals surface area (Å²) in [7, 11) is 0. The molecule has 0 spiro atoms. The number of Topliss-reactive ketones (excluding diaryl/α,β-unsaturated/α-hetero) is 1. The van der Waals surface area contributed by atoms with Gasteiger partial charge in [-0.05, 0) is 49.3 Å². The number of carboxylic acids is 1. The second kappa shape index (κ2) is 11.5. The maximum Gasteiger partial charge on any atom is 0.303 e. The summed E-state index contributed by atoms with van der Waals surface area (Å²) in [4.78, 5) is 31.8. The van der Waals surface area contributed by atoms with Crippen molar-refractivity contribution in [1.82, 2.24) is 9.97 Å². The van der Waals surface area contributed by atoms with Crippen LogP contribution in [0.1, 0.15) is 67.2 Å². The number of hydrogen-bond donors (Lipinski definition) is 1. The highest BCUT2D eigenvalue weighted by Gasteiger charge is 2.18. The van der Waals surface area contributed by atoms with Crippen LogP contribution >= 0.6 is 11.6 Å². The molecule has 0 saturated carbocycles. The van der Waals surface area contributed by atoms with E-state index >= 15 is 0 Å². The minimum Gasteiger partial charge on any atom is -0.481 e. The summed E-state index contributed by atoms with van der Waals surface area (Å²) in [5, 5.41) is 9.62.